The second kappa shape index (κ2) is 25.4. The van der Waals surface area contributed by atoms with Crippen molar-refractivity contribution in [1.82, 2.24) is 5.32 Å². The highest BCUT2D eigenvalue weighted by Gasteiger charge is 2.57. The molecular formula is C41H78N3O13+. The first kappa shape index (κ1) is 50.0. The molecule has 0 aromatic rings. The topological polar surface area (TPSA) is 232 Å². The molecule has 3 rings (SSSR count). The highest BCUT2D eigenvalue weighted by molar-refractivity contribution is 5.76. The highest BCUT2D eigenvalue weighted by atomic mass is 16.7. The van der Waals surface area contributed by atoms with Crippen molar-refractivity contribution in [2.75, 3.05) is 48.1 Å². The van der Waals surface area contributed by atoms with Crippen LogP contribution < -0.4 is 11.1 Å². The number of nitrogens with one attached hydrogen (secondary N) is 1. The van der Waals surface area contributed by atoms with Gasteiger partial charge in [0, 0.05) is 13.5 Å². The van der Waals surface area contributed by atoms with Gasteiger partial charge in [-0.05, 0) is 39.0 Å². The largest absolute Gasteiger partial charge is 0.394 e. The number of carbonyl (C=O) groups is 1. The quantitative estimate of drug-likeness (QED) is 0.0365. The Labute approximate surface area is 340 Å². The van der Waals surface area contributed by atoms with E-state index in [0.29, 0.717) is 12.8 Å². The van der Waals surface area contributed by atoms with Crippen LogP contribution in [0.15, 0.2) is 12.2 Å². The Bertz CT molecular complexity index is 1150. The molecule has 3 aliphatic rings. The van der Waals surface area contributed by atoms with Crippen LogP contribution in [0.3, 0.4) is 0 Å². The molecule has 3 aliphatic heterocycles. The van der Waals surface area contributed by atoms with Gasteiger partial charge in [-0.1, -0.05) is 70.4 Å². The summed E-state index contributed by atoms with van der Waals surface area (Å²) in [5, 5.41) is 67.8. The molecule has 0 saturated carbocycles. The van der Waals surface area contributed by atoms with Gasteiger partial charge in [0.05, 0.1) is 59.2 Å². The summed E-state index contributed by atoms with van der Waals surface area (Å²) >= 11 is 0. The molecule has 0 aliphatic carbocycles. The third-order valence-electron chi connectivity index (χ3n) is 11.6. The van der Waals surface area contributed by atoms with Crippen molar-refractivity contribution < 1.29 is 68.3 Å². The number of nitrogens with two attached hydrogens (primary N) is 1. The van der Waals surface area contributed by atoms with Crippen LogP contribution in [-0.2, 0) is 33.2 Å². The molecule has 0 aromatic carbocycles. The molecule has 3 saturated heterocycles. The number of ether oxygens (including phenoxy) is 6. The summed E-state index contributed by atoms with van der Waals surface area (Å²) in [5.74, 6) is -0.226. The molecule has 15 atom stereocenters. The Hall–Kier alpha value is -1.35. The molecule has 3 fully saturated rings. The lowest BCUT2D eigenvalue weighted by Gasteiger charge is -2.52. The second-order valence-corrected chi connectivity index (χ2v) is 17.0. The molecule has 9 N–H and O–H groups in total. The van der Waals surface area contributed by atoms with Crippen LogP contribution in [0.2, 0.25) is 0 Å². The number of nitrogens with zero attached hydrogens (tertiary/aromatic N) is 1. The van der Waals surface area contributed by atoms with Crippen LogP contribution in [0.4, 0.5) is 0 Å². The third kappa shape index (κ3) is 14.7. The maximum Gasteiger partial charge on any atom is 0.220 e. The van der Waals surface area contributed by atoms with E-state index in [1.54, 1.807) is 28.1 Å². The lowest BCUT2D eigenvalue weighted by Crippen LogP contribution is -2.72. The van der Waals surface area contributed by atoms with Crippen LogP contribution in [0.25, 0.3) is 0 Å². The maximum absolute atomic E-state index is 13.1. The molecule has 0 spiro atoms. The average Bonchev–Trinajstić information content (AvgIpc) is 3.17. The second-order valence-electron chi connectivity index (χ2n) is 17.0. The number of rotatable bonds is 25. The zero-order valence-electron chi connectivity index (χ0n) is 35.4. The molecule has 0 bridgehead atoms. The summed E-state index contributed by atoms with van der Waals surface area (Å²) < 4.78 is 35.9. The zero-order chi connectivity index (χ0) is 42.1. The monoisotopic (exact) mass is 821 g/mol. The summed E-state index contributed by atoms with van der Waals surface area (Å²) in [7, 11) is 6.73. The van der Waals surface area contributed by atoms with Crippen LogP contribution in [0.1, 0.15) is 104 Å². The predicted molar refractivity (Wildman–Crippen MR) is 213 cm³/mol. The molecule has 16 nitrogen and oxygen atoms in total. The highest BCUT2D eigenvalue weighted by Crippen LogP contribution is 2.35. The SMILES string of the molecule is CCCCCCCC/C=C\CCCCCCCC(=O)NC1[C@H](C)OC(CO)[C@@H](O[C@@H]2OC(CO)[C@@H](O[C@@H]3OC(CO)[C@@H](OC)[C@H](O)C3N)[C@H](O)C2[N+](C)(C)C)[C@@H]1O. The van der Waals surface area contributed by atoms with Crippen LogP contribution >= 0.6 is 0 Å². The van der Waals surface area contributed by atoms with Crippen molar-refractivity contribution in [1.29, 1.82) is 0 Å². The zero-order valence-corrected chi connectivity index (χ0v) is 35.4. The number of amides is 1. The number of likely N-dealkylation sites (N-methyl/N-ethyl adjacent to an activating group) is 1. The normalized spacial score (nSPS) is 36.5. The standard InChI is InChI=1S/C41H77N3O13/c1-7-8-9-10-11-12-13-14-15-16-17-18-19-20-21-22-30(48)43-32-26(2)53-28(24-46)38(35(32)50)57-41-33(44(3,4)5)36(51)39(29(25-47)55-41)56-40-31(42)34(49)37(52-6)27(23-45)54-40/h14-15,26-29,31-41,45-47,49-51H,7-13,16-25,42H2,1-6H3/p+1/b15-14-/t26-,27?,28?,29?,31?,32?,33?,34+,35+,36+,37+,38+,39+,40-,41-/m0/s1. The lowest BCUT2D eigenvalue weighted by atomic mass is 9.91. The Morgan fingerprint density at radius 3 is 1.75 bits per heavy atom. The predicted octanol–water partition coefficient (Wildman–Crippen LogP) is 0.993. The van der Waals surface area contributed by atoms with Crippen molar-refractivity contribution in [3.63, 3.8) is 0 Å². The van der Waals surface area contributed by atoms with Gasteiger partial charge in [-0.15, -0.1) is 0 Å². The molecule has 0 aromatic heterocycles. The number of methoxy groups -OCH3 is 1. The van der Waals surface area contributed by atoms with Crippen molar-refractivity contribution in [2.45, 2.75) is 195 Å². The molecule has 1 amide bonds. The van der Waals surface area contributed by atoms with Crippen molar-refractivity contribution in [2.24, 2.45) is 5.73 Å². The van der Waals surface area contributed by atoms with Gasteiger partial charge in [0.15, 0.2) is 12.3 Å². The number of hydrogen-bond acceptors (Lipinski definition) is 14. The number of aliphatic hydroxyl groups excluding tert-OH is 6. The lowest BCUT2D eigenvalue weighted by molar-refractivity contribution is -0.910. The van der Waals surface area contributed by atoms with E-state index in [-0.39, 0.29) is 10.4 Å². The number of quaternary nitrogens is 1. The first-order valence-corrected chi connectivity index (χ1v) is 21.4. The fourth-order valence-corrected chi connectivity index (χ4v) is 8.24. The minimum atomic E-state index is -1.38. The molecule has 3 heterocycles. The first-order chi connectivity index (χ1) is 27.2. The number of carbonyl (C=O) groups excluding carboxylic acids is 1. The van der Waals surface area contributed by atoms with Gasteiger partial charge in [-0.25, -0.2) is 0 Å². The van der Waals surface area contributed by atoms with Crippen molar-refractivity contribution in [3.8, 4) is 0 Å². The Morgan fingerprint density at radius 1 is 0.702 bits per heavy atom. The maximum atomic E-state index is 13.1. The van der Waals surface area contributed by atoms with E-state index in [9.17, 15) is 35.4 Å². The third-order valence-corrected chi connectivity index (χ3v) is 11.6. The van der Waals surface area contributed by atoms with E-state index >= 15 is 0 Å². The molecular weight excluding hydrogens is 742 g/mol. The number of aliphatic hydroxyl groups is 6. The molecule has 334 valence electrons. The van der Waals surface area contributed by atoms with Crippen LogP contribution in [0, 0.1) is 0 Å². The average molecular weight is 821 g/mol. The fraction of sp³-hybridized carbons (Fsp3) is 0.927. The summed E-state index contributed by atoms with van der Waals surface area (Å²) in [6.45, 7) is 2.32. The van der Waals surface area contributed by atoms with Gasteiger partial charge in [0.1, 0.15) is 54.9 Å². The Kier molecular flexibility index (Phi) is 22.3. The van der Waals surface area contributed by atoms with E-state index in [0.717, 1.165) is 38.5 Å². The van der Waals surface area contributed by atoms with Gasteiger partial charge in [0.2, 0.25) is 12.2 Å². The van der Waals surface area contributed by atoms with Gasteiger partial charge in [0.25, 0.3) is 0 Å². The minimum Gasteiger partial charge on any atom is -0.394 e. The Balaban J connectivity index is 1.56. The molecule has 57 heavy (non-hydrogen) atoms. The number of allylic oxidation sites excluding steroid dienone is 2. The Morgan fingerprint density at radius 2 is 1.19 bits per heavy atom. The van der Waals surface area contributed by atoms with Gasteiger partial charge in [-0.2, -0.15) is 0 Å². The first-order valence-electron chi connectivity index (χ1n) is 21.4. The summed E-state index contributed by atoms with van der Waals surface area (Å²) in [5.41, 5.74) is 6.24. The van der Waals surface area contributed by atoms with Crippen LogP contribution in [-0.4, -0.2) is 181 Å². The van der Waals surface area contributed by atoms with Crippen molar-refractivity contribution in [3.05, 3.63) is 12.2 Å². The van der Waals surface area contributed by atoms with Gasteiger partial charge < -0.3 is 74.6 Å². The number of unbranched alkanes of at least 4 members (excludes halogenated alkanes) is 11. The minimum absolute atomic E-state index is 0.0645. The van der Waals surface area contributed by atoms with Crippen molar-refractivity contribution >= 4 is 5.91 Å². The fourth-order valence-electron chi connectivity index (χ4n) is 8.24. The molecule has 6 unspecified atom stereocenters. The van der Waals surface area contributed by atoms with Gasteiger partial charge in [-0.3, -0.25) is 4.79 Å². The summed E-state index contributed by atoms with van der Waals surface area (Å²) in [4.78, 5) is 13.1. The van der Waals surface area contributed by atoms with E-state index in [1.807, 2.05) is 0 Å². The summed E-state index contributed by atoms with van der Waals surface area (Å²) in [6, 6.07) is -2.89. The molecule has 0 radical (unpaired) electrons. The molecule has 16 heteroatoms. The van der Waals surface area contributed by atoms with E-state index in [4.69, 9.17) is 34.2 Å². The summed E-state index contributed by atoms with van der Waals surface area (Å²) in [6.07, 6.45) is 6.22. The smallest absolute Gasteiger partial charge is 0.220 e. The van der Waals surface area contributed by atoms with E-state index in [2.05, 4.69) is 24.4 Å². The van der Waals surface area contributed by atoms with Crippen LogP contribution in [0.5, 0.6) is 0 Å². The van der Waals surface area contributed by atoms with E-state index in [1.165, 1.54) is 45.6 Å². The van der Waals surface area contributed by atoms with E-state index < -0.39 is 112 Å². The van der Waals surface area contributed by atoms with Gasteiger partial charge >= 0.3 is 0 Å². The number of hydrogen-bond donors (Lipinski definition) is 8.